The number of alkyl halides is 3. The Bertz CT molecular complexity index is 2380. The number of hydrogen-bond acceptors (Lipinski definition) is 8. The molecule has 3 aromatic carbocycles. The lowest BCUT2D eigenvalue weighted by Gasteiger charge is -2.11. The predicted molar refractivity (Wildman–Crippen MR) is 305 cm³/mol. The van der Waals surface area contributed by atoms with Crippen molar-refractivity contribution in [3.8, 4) is 28.9 Å². The number of halogens is 6. The summed E-state index contributed by atoms with van der Waals surface area (Å²) in [7, 11) is 1.97. The SMILES string of the molecule is C.C.CC(C)c1ccnn1C.CC(F)Oc1ccc(F)c(C(C)C)c1.CC(F)Oc1cccc(C(C)C)c1.CC(F)Oc1cncc(C(C)C)c1.CCOc1cc(C(C)C)c(F)cn1.CCOc1ccc(F)c(C(C)C)c1. The Labute approximate surface area is 459 Å². The van der Waals surface area contributed by atoms with Crippen molar-refractivity contribution in [3.63, 3.8) is 0 Å². The summed E-state index contributed by atoms with van der Waals surface area (Å²) >= 11 is 0. The zero-order valence-corrected chi connectivity index (χ0v) is 47.5. The van der Waals surface area contributed by atoms with Gasteiger partial charge in [-0.15, -0.1) is 0 Å². The van der Waals surface area contributed by atoms with E-state index >= 15 is 0 Å². The van der Waals surface area contributed by atoms with Gasteiger partial charge in [-0.25, -0.2) is 31.3 Å². The van der Waals surface area contributed by atoms with E-state index in [4.69, 9.17) is 23.7 Å². The van der Waals surface area contributed by atoms with Crippen LogP contribution in [0.3, 0.4) is 0 Å². The van der Waals surface area contributed by atoms with Crippen LogP contribution < -0.4 is 23.7 Å². The largest absolute Gasteiger partial charge is 0.494 e. The van der Waals surface area contributed by atoms with Crippen LogP contribution in [0.25, 0.3) is 0 Å². The number of aryl methyl sites for hydroxylation is 1. The average molecular weight is 1090 g/mol. The van der Waals surface area contributed by atoms with Crippen molar-refractivity contribution in [2.45, 2.75) is 187 Å². The van der Waals surface area contributed by atoms with Gasteiger partial charge in [0.05, 0.1) is 25.6 Å². The Hall–Kier alpha value is -6.25. The normalized spacial score (nSPS) is 11.6. The van der Waals surface area contributed by atoms with Crippen LogP contribution in [0.1, 0.15) is 202 Å². The van der Waals surface area contributed by atoms with E-state index in [1.165, 1.54) is 63.1 Å². The molecule has 0 N–H and O–H groups in total. The maximum Gasteiger partial charge on any atom is 0.235 e. The zero-order valence-electron chi connectivity index (χ0n) is 47.5. The maximum absolute atomic E-state index is 13.2. The second kappa shape index (κ2) is 38.3. The topological polar surface area (TPSA) is 89.8 Å². The van der Waals surface area contributed by atoms with E-state index in [-0.39, 0.29) is 50.1 Å². The molecule has 77 heavy (non-hydrogen) atoms. The number of pyridine rings is 2. The molecule has 3 unspecified atom stereocenters. The van der Waals surface area contributed by atoms with Gasteiger partial charge >= 0.3 is 0 Å². The third-order valence-corrected chi connectivity index (χ3v) is 10.5. The van der Waals surface area contributed by atoms with Crippen LogP contribution in [0.2, 0.25) is 0 Å². The second-order valence-corrected chi connectivity index (χ2v) is 19.1. The number of rotatable bonds is 16. The van der Waals surface area contributed by atoms with Gasteiger partial charge in [-0.1, -0.05) is 110 Å². The molecule has 0 saturated heterocycles. The molecule has 0 saturated carbocycles. The standard InChI is InChI=1S/C11H14F2O.2C11H15FO.2C10H14FNO.C7H12N2.2CH4/c1-7(2)10-6-9(14-8(3)12)4-5-11(10)13;1-8(2)10-5-4-6-11(7-10)13-9(3)12;1-4-13-9-5-6-11(12)10(7-9)8(2)3;1-7(2)9-4-10(6-12-5-9)13-8(3)11;1-4-13-10-5-8(7(2)3)9(11)6-12-10;1-6(2)7-4-5-8-9(7)3;;/h4-8H,1-3H3;4-9H,1-3H3;5-8H,4H2,1-3H3;4-8H,1-3H3;5-7H,4H2,1-3H3;4-6H,1-3H3;2*1H4. The molecule has 9 nitrogen and oxygen atoms in total. The first-order valence-corrected chi connectivity index (χ1v) is 25.7. The van der Waals surface area contributed by atoms with Gasteiger partial charge in [0.25, 0.3) is 0 Å². The summed E-state index contributed by atoms with van der Waals surface area (Å²) in [5.41, 5.74) is 5.42. The molecule has 0 aliphatic rings. The second-order valence-electron chi connectivity index (χ2n) is 19.1. The van der Waals surface area contributed by atoms with Crippen LogP contribution in [0.4, 0.5) is 26.3 Å². The summed E-state index contributed by atoms with van der Waals surface area (Å²) in [4.78, 5) is 7.78. The lowest BCUT2D eigenvalue weighted by Crippen LogP contribution is -2.04. The molecule has 0 spiro atoms. The maximum atomic E-state index is 13.2. The number of ether oxygens (including phenoxy) is 5. The molecule has 0 radical (unpaired) electrons. The average Bonchev–Trinajstić information content (AvgIpc) is 3.77. The molecule has 6 rings (SSSR count). The van der Waals surface area contributed by atoms with Gasteiger partial charge in [-0.3, -0.25) is 9.67 Å². The van der Waals surface area contributed by atoms with Crippen LogP contribution in [0, 0.1) is 17.5 Å². The van der Waals surface area contributed by atoms with Gasteiger partial charge in [-0.2, -0.15) is 5.10 Å². The summed E-state index contributed by atoms with van der Waals surface area (Å²) in [6.07, 6.45) is 2.41. The van der Waals surface area contributed by atoms with Crippen molar-refractivity contribution < 1.29 is 50.0 Å². The van der Waals surface area contributed by atoms with Gasteiger partial charge in [0.1, 0.15) is 40.4 Å². The minimum absolute atomic E-state index is 0. The fourth-order valence-corrected chi connectivity index (χ4v) is 6.64. The van der Waals surface area contributed by atoms with E-state index in [1.807, 2.05) is 104 Å². The minimum atomic E-state index is -1.37. The highest BCUT2D eigenvalue weighted by Crippen LogP contribution is 2.27. The molecule has 6 aromatic rings. The minimum Gasteiger partial charge on any atom is -0.494 e. The van der Waals surface area contributed by atoms with E-state index in [2.05, 4.69) is 56.6 Å². The highest BCUT2D eigenvalue weighted by atomic mass is 19.2. The monoisotopic (exact) mass is 1090 g/mol. The van der Waals surface area contributed by atoms with Gasteiger partial charge < -0.3 is 23.7 Å². The molecule has 15 heteroatoms. The Morgan fingerprint density at radius 2 is 0.909 bits per heavy atom. The summed E-state index contributed by atoms with van der Waals surface area (Å²) in [5, 5.41) is 4.05. The molecule has 0 amide bonds. The van der Waals surface area contributed by atoms with Gasteiger partial charge in [0, 0.05) is 52.0 Å². The fourth-order valence-electron chi connectivity index (χ4n) is 6.64. The first-order valence-electron chi connectivity index (χ1n) is 25.7. The molecule has 432 valence electrons. The lowest BCUT2D eigenvalue weighted by atomic mass is 10.0. The lowest BCUT2D eigenvalue weighted by molar-refractivity contribution is 0.0851. The number of aromatic nitrogens is 4. The first kappa shape index (κ1) is 72.8. The highest BCUT2D eigenvalue weighted by Gasteiger charge is 2.12. The van der Waals surface area contributed by atoms with Crippen molar-refractivity contribution in [2.75, 3.05) is 13.2 Å². The van der Waals surface area contributed by atoms with Crippen molar-refractivity contribution in [1.29, 1.82) is 0 Å². The van der Waals surface area contributed by atoms with Crippen LogP contribution in [-0.4, -0.2) is 52.0 Å². The Balaban J connectivity index is 0. The summed E-state index contributed by atoms with van der Waals surface area (Å²) in [5.74, 6) is 3.81. The van der Waals surface area contributed by atoms with Gasteiger partial charge in [0.2, 0.25) is 25.0 Å². The van der Waals surface area contributed by atoms with Gasteiger partial charge in [0.15, 0.2) is 0 Å². The van der Waals surface area contributed by atoms with E-state index in [0.717, 1.165) is 16.9 Å². The van der Waals surface area contributed by atoms with Crippen molar-refractivity contribution in [1.82, 2.24) is 19.7 Å². The summed E-state index contributed by atoms with van der Waals surface area (Å²) in [6, 6.07) is 22.2. The van der Waals surface area contributed by atoms with Crippen molar-refractivity contribution in [3.05, 3.63) is 155 Å². The molecule has 0 aliphatic heterocycles. The quantitative estimate of drug-likeness (QED) is 0.0886. The zero-order chi connectivity index (χ0) is 56.9. The Kier molecular flexibility index (Phi) is 36.2. The summed E-state index contributed by atoms with van der Waals surface area (Å²) in [6.45, 7) is 33.2. The molecular formula is C62H92F6N4O5. The number of nitrogens with zero attached hydrogens (tertiary/aromatic N) is 4. The molecule has 0 fully saturated rings. The molecular weight excluding hydrogens is 995 g/mol. The van der Waals surface area contributed by atoms with Crippen LogP contribution >= 0.6 is 0 Å². The molecule has 0 aliphatic carbocycles. The van der Waals surface area contributed by atoms with E-state index in [0.29, 0.717) is 70.8 Å². The van der Waals surface area contributed by atoms with Crippen LogP contribution in [0.5, 0.6) is 28.9 Å². The third kappa shape index (κ3) is 29.2. The molecule has 0 bridgehead atoms. The molecule has 3 atom stereocenters. The smallest absolute Gasteiger partial charge is 0.235 e. The Morgan fingerprint density at radius 1 is 0.455 bits per heavy atom. The Morgan fingerprint density at radius 3 is 1.34 bits per heavy atom. The van der Waals surface area contributed by atoms with Crippen molar-refractivity contribution >= 4 is 0 Å². The molecule has 3 aromatic heterocycles. The first-order chi connectivity index (χ1) is 35.2. The number of benzene rings is 3. The van der Waals surface area contributed by atoms with Crippen molar-refractivity contribution in [2.24, 2.45) is 7.05 Å². The van der Waals surface area contributed by atoms with Crippen LogP contribution in [0.15, 0.2) is 104 Å². The van der Waals surface area contributed by atoms with E-state index in [9.17, 15) is 26.3 Å². The molecule has 3 heterocycles. The van der Waals surface area contributed by atoms with Gasteiger partial charge in [-0.05, 0) is 138 Å². The fraction of sp³-hybridized carbons (Fsp3) is 0.500. The van der Waals surface area contributed by atoms with E-state index in [1.54, 1.807) is 30.5 Å². The summed E-state index contributed by atoms with van der Waals surface area (Å²) < 4.78 is 104. The predicted octanol–water partition coefficient (Wildman–Crippen LogP) is 19.0. The van der Waals surface area contributed by atoms with E-state index < -0.39 is 19.1 Å². The number of hydrogen-bond donors (Lipinski definition) is 0. The highest BCUT2D eigenvalue weighted by molar-refractivity contribution is 5.33. The third-order valence-electron chi connectivity index (χ3n) is 10.5. The van der Waals surface area contributed by atoms with Crippen LogP contribution in [-0.2, 0) is 7.05 Å².